The third-order valence-electron chi connectivity index (χ3n) is 4.10. The Bertz CT molecular complexity index is 512. The molecule has 22 heavy (non-hydrogen) atoms. The second-order valence-corrected chi connectivity index (χ2v) is 6.31. The lowest BCUT2D eigenvalue weighted by Crippen LogP contribution is -2.58. The molecule has 0 N–H and O–H groups in total. The van der Waals surface area contributed by atoms with E-state index in [1.807, 2.05) is 35.9 Å². The van der Waals surface area contributed by atoms with Gasteiger partial charge in [-0.15, -0.1) is 5.06 Å². The lowest BCUT2D eigenvalue weighted by Gasteiger charge is -2.43. The van der Waals surface area contributed by atoms with Gasteiger partial charge in [-0.3, -0.25) is 4.79 Å². The number of carbonyl (C=O) groups excluding carboxylic acids is 1. The zero-order valence-electron chi connectivity index (χ0n) is 14.0. The lowest BCUT2D eigenvalue weighted by atomic mass is 10.0. The maximum Gasteiger partial charge on any atom is 0.246 e. The van der Waals surface area contributed by atoms with E-state index in [9.17, 15) is 4.79 Å². The number of hydrogen-bond donors (Lipinski definition) is 0. The van der Waals surface area contributed by atoms with Crippen LogP contribution < -0.4 is 4.84 Å². The van der Waals surface area contributed by atoms with Crippen LogP contribution in [0.15, 0.2) is 36.9 Å². The smallest absolute Gasteiger partial charge is 0.246 e. The Kier molecular flexibility index (Phi) is 5.24. The highest BCUT2D eigenvalue weighted by atomic mass is 16.7. The van der Waals surface area contributed by atoms with E-state index in [-0.39, 0.29) is 18.0 Å². The van der Waals surface area contributed by atoms with Crippen molar-refractivity contribution >= 4 is 5.91 Å². The van der Waals surface area contributed by atoms with Gasteiger partial charge in [-0.25, -0.2) is 0 Å². The van der Waals surface area contributed by atoms with Gasteiger partial charge < -0.3 is 9.74 Å². The average Bonchev–Trinajstić information content (AvgIpc) is 2.46. The minimum absolute atomic E-state index is 0.0130. The zero-order valence-corrected chi connectivity index (χ0v) is 14.0. The summed E-state index contributed by atoms with van der Waals surface area (Å²) in [6.45, 7) is 13.4. The predicted octanol–water partition coefficient (Wildman–Crippen LogP) is 3.21. The van der Waals surface area contributed by atoms with Crippen molar-refractivity contribution in [3.63, 3.8) is 0 Å². The molecule has 2 rings (SSSR count). The molecule has 1 aliphatic rings. The van der Waals surface area contributed by atoms with E-state index in [2.05, 4.69) is 32.6 Å². The lowest BCUT2D eigenvalue weighted by molar-refractivity contribution is -0.149. The van der Waals surface area contributed by atoms with Crippen molar-refractivity contribution < 1.29 is 9.63 Å². The molecule has 0 bridgehead atoms. The third kappa shape index (κ3) is 3.69. The fourth-order valence-electron chi connectivity index (χ4n) is 2.95. The number of carbonyl (C=O) groups is 1. The van der Waals surface area contributed by atoms with Crippen molar-refractivity contribution in [1.82, 2.24) is 9.96 Å². The van der Waals surface area contributed by atoms with E-state index >= 15 is 0 Å². The molecular formula is C18H26N2O2. The van der Waals surface area contributed by atoms with Crippen molar-refractivity contribution in [3.05, 3.63) is 42.5 Å². The molecule has 0 radical (unpaired) electrons. The monoisotopic (exact) mass is 302 g/mol. The first-order valence-corrected chi connectivity index (χ1v) is 7.90. The molecule has 1 aliphatic heterocycles. The summed E-state index contributed by atoms with van der Waals surface area (Å²) in [6, 6.07) is 8.42. The number of hydroxylamine groups is 2. The van der Waals surface area contributed by atoms with E-state index in [4.69, 9.17) is 4.84 Å². The van der Waals surface area contributed by atoms with Crippen LogP contribution in [0.4, 0.5) is 0 Å². The average molecular weight is 302 g/mol. The number of rotatable bonds is 4. The van der Waals surface area contributed by atoms with Crippen LogP contribution in [-0.2, 0) is 4.79 Å². The molecule has 1 fully saturated rings. The fourth-order valence-corrected chi connectivity index (χ4v) is 2.95. The van der Waals surface area contributed by atoms with Crippen LogP contribution in [0, 0.1) is 0 Å². The summed E-state index contributed by atoms with van der Waals surface area (Å²) in [5.41, 5.74) is 1.30. The number of amides is 1. The van der Waals surface area contributed by atoms with Gasteiger partial charge in [0.05, 0.1) is 13.1 Å². The van der Waals surface area contributed by atoms with Gasteiger partial charge in [0, 0.05) is 12.1 Å². The molecule has 4 heteroatoms. The van der Waals surface area contributed by atoms with Crippen LogP contribution in [0.5, 0.6) is 5.75 Å². The molecule has 0 unspecified atom stereocenters. The van der Waals surface area contributed by atoms with Crippen LogP contribution in [0.3, 0.4) is 0 Å². The first-order valence-electron chi connectivity index (χ1n) is 7.90. The minimum atomic E-state index is -0.0130. The maximum absolute atomic E-state index is 11.9. The Hall–Kier alpha value is -1.81. The molecule has 1 saturated heterocycles. The molecule has 0 spiro atoms. The molecule has 0 saturated carbocycles. The zero-order chi connectivity index (χ0) is 16.3. The van der Waals surface area contributed by atoms with Gasteiger partial charge in [0.1, 0.15) is 5.75 Å². The molecule has 4 nitrogen and oxygen atoms in total. The van der Waals surface area contributed by atoms with E-state index in [0.717, 1.165) is 5.75 Å². The largest absolute Gasteiger partial charge is 0.406 e. The summed E-state index contributed by atoms with van der Waals surface area (Å²) in [4.78, 5) is 19.7. The third-order valence-corrected chi connectivity index (χ3v) is 4.10. The minimum Gasteiger partial charge on any atom is -0.406 e. The van der Waals surface area contributed by atoms with Crippen molar-refractivity contribution in [3.8, 4) is 5.75 Å². The Balaban J connectivity index is 2.00. The number of piperazine rings is 1. The highest BCUT2D eigenvalue weighted by Gasteiger charge is 2.32. The molecule has 0 aromatic heterocycles. The van der Waals surface area contributed by atoms with Crippen LogP contribution in [0.1, 0.15) is 39.2 Å². The Morgan fingerprint density at radius 3 is 2.23 bits per heavy atom. The highest BCUT2D eigenvalue weighted by Crippen LogP contribution is 2.22. The van der Waals surface area contributed by atoms with Gasteiger partial charge in [0.25, 0.3) is 0 Å². The molecule has 2 atom stereocenters. The van der Waals surface area contributed by atoms with Gasteiger partial charge in [-0.1, -0.05) is 32.6 Å². The molecule has 1 amide bonds. The summed E-state index contributed by atoms with van der Waals surface area (Å²) in [5.74, 6) is 1.34. The summed E-state index contributed by atoms with van der Waals surface area (Å²) < 4.78 is 0. The Morgan fingerprint density at radius 2 is 1.77 bits per heavy atom. The number of benzene rings is 1. The summed E-state index contributed by atoms with van der Waals surface area (Å²) in [6.07, 6.45) is 1.38. The van der Waals surface area contributed by atoms with Crippen molar-refractivity contribution in [2.45, 2.75) is 45.7 Å². The number of nitrogens with zero attached hydrogens (tertiary/aromatic N) is 2. The summed E-state index contributed by atoms with van der Waals surface area (Å²) in [7, 11) is 0. The van der Waals surface area contributed by atoms with Gasteiger partial charge >= 0.3 is 0 Å². The molecule has 0 aliphatic carbocycles. The van der Waals surface area contributed by atoms with E-state index < -0.39 is 0 Å². The second-order valence-electron chi connectivity index (χ2n) is 6.31. The first-order chi connectivity index (χ1) is 10.4. The van der Waals surface area contributed by atoms with Gasteiger partial charge in [-0.2, -0.15) is 0 Å². The van der Waals surface area contributed by atoms with Crippen LogP contribution in [-0.4, -0.2) is 41.0 Å². The molecular weight excluding hydrogens is 276 g/mol. The standard InChI is InChI=1S/C18H26N2O2/c1-6-18(21)20-14(4)11-19(12-15(20)5)22-17-9-7-16(8-10-17)13(2)3/h6-10,13-15H,1,11-12H2,2-5H3/t14-,15+. The van der Waals surface area contributed by atoms with E-state index in [1.54, 1.807) is 0 Å². The number of hydrogen-bond acceptors (Lipinski definition) is 3. The predicted molar refractivity (Wildman–Crippen MR) is 88.7 cm³/mol. The van der Waals surface area contributed by atoms with Crippen LogP contribution >= 0.6 is 0 Å². The SMILES string of the molecule is C=CC(=O)N1[C@H](C)CN(Oc2ccc(C(C)C)cc2)C[C@@H]1C. The van der Waals surface area contributed by atoms with Gasteiger partial charge in [0.15, 0.2) is 0 Å². The normalized spacial score (nSPS) is 22.7. The second kappa shape index (κ2) is 6.97. The Morgan fingerprint density at radius 1 is 1.23 bits per heavy atom. The Labute approximate surface area is 133 Å². The van der Waals surface area contributed by atoms with E-state index in [1.165, 1.54) is 11.6 Å². The molecule has 1 heterocycles. The summed E-state index contributed by atoms with van der Waals surface area (Å²) >= 11 is 0. The molecule has 1 aromatic rings. The molecule has 120 valence electrons. The van der Waals surface area contributed by atoms with Crippen molar-refractivity contribution in [2.24, 2.45) is 0 Å². The highest BCUT2D eigenvalue weighted by molar-refractivity contribution is 5.87. The van der Waals surface area contributed by atoms with E-state index in [0.29, 0.717) is 19.0 Å². The quantitative estimate of drug-likeness (QED) is 0.801. The van der Waals surface area contributed by atoms with Crippen LogP contribution in [0.2, 0.25) is 0 Å². The van der Waals surface area contributed by atoms with Crippen molar-refractivity contribution in [2.75, 3.05) is 13.1 Å². The fraction of sp³-hybridized carbons (Fsp3) is 0.500. The molecule has 1 aromatic carbocycles. The van der Waals surface area contributed by atoms with Crippen molar-refractivity contribution in [1.29, 1.82) is 0 Å². The van der Waals surface area contributed by atoms with Gasteiger partial charge in [-0.05, 0) is 43.5 Å². The van der Waals surface area contributed by atoms with Gasteiger partial charge in [0.2, 0.25) is 5.91 Å². The van der Waals surface area contributed by atoms with Crippen LogP contribution in [0.25, 0.3) is 0 Å². The summed E-state index contributed by atoms with van der Waals surface area (Å²) in [5, 5.41) is 1.94. The maximum atomic E-state index is 11.9. The topological polar surface area (TPSA) is 32.8 Å². The first kappa shape index (κ1) is 16.6.